The molecule has 0 aromatic rings. The second-order valence-electron chi connectivity index (χ2n) is 8.94. The SMILES string of the molecule is CC(C)C1=C[C@]23CC[C@@H]4C(=CCCC4(C)C)C2OC(=O)[C@]3(O)C1=O. The largest absolute Gasteiger partial charge is 0.454 e. The Labute approximate surface area is 143 Å². The molecule has 4 nitrogen and oxygen atoms in total. The van der Waals surface area contributed by atoms with Gasteiger partial charge in [0.2, 0.25) is 11.4 Å². The Bertz CT molecular complexity index is 698. The lowest BCUT2D eigenvalue weighted by Gasteiger charge is -2.49. The van der Waals surface area contributed by atoms with Crippen molar-refractivity contribution in [1.29, 1.82) is 0 Å². The first-order valence-electron chi connectivity index (χ1n) is 9.06. The third-order valence-corrected chi connectivity index (χ3v) is 6.95. The molecule has 1 spiro atoms. The summed E-state index contributed by atoms with van der Waals surface area (Å²) < 4.78 is 5.66. The van der Waals surface area contributed by atoms with Gasteiger partial charge in [0.05, 0.1) is 5.41 Å². The minimum Gasteiger partial charge on any atom is -0.454 e. The van der Waals surface area contributed by atoms with Crippen LogP contribution in [0.15, 0.2) is 23.3 Å². The highest BCUT2D eigenvalue weighted by Crippen LogP contribution is 2.63. The Morgan fingerprint density at radius 2 is 1.96 bits per heavy atom. The summed E-state index contributed by atoms with van der Waals surface area (Å²) >= 11 is 0. The molecule has 0 aromatic carbocycles. The van der Waals surface area contributed by atoms with Crippen LogP contribution in [0.1, 0.15) is 53.4 Å². The zero-order valence-electron chi connectivity index (χ0n) is 14.9. The lowest BCUT2D eigenvalue weighted by molar-refractivity contribution is -0.161. The predicted molar refractivity (Wildman–Crippen MR) is 89.0 cm³/mol. The van der Waals surface area contributed by atoms with Crippen LogP contribution in [0, 0.1) is 22.7 Å². The van der Waals surface area contributed by atoms with E-state index in [1.807, 2.05) is 19.9 Å². The highest BCUT2D eigenvalue weighted by Gasteiger charge is 2.75. The maximum Gasteiger partial charge on any atom is 0.348 e. The van der Waals surface area contributed by atoms with Crippen LogP contribution >= 0.6 is 0 Å². The Morgan fingerprint density at radius 1 is 1.25 bits per heavy atom. The molecule has 0 aromatic heterocycles. The molecule has 4 rings (SSSR count). The molecule has 0 bridgehead atoms. The van der Waals surface area contributed by atoms with Gasteiger partial charge in [-0.2, -0.15) is 0 Å². The van der Waals surface area contributed by atoms with Gasteiger partial charge in [-0.1, -0.05) is 39.8 Å². The quantitative estimate of drug-likeness (QED) is 0.456. The van der Waals surface area contributed by atoms with Crippen molar-refractivity contribution >= 4 is 11.8 Å². The van der Waals surface area contributed by atoms with Crippen LogP contribution in [0.2, 0.25) is 0 Å². The second-order valence-corrected chi connectivity index (χ2v) is 8.94. The molecule has 1 heterocycles. The smallest absolute Gasteiger partial charge is 0.348 e. The van der Waals surface area contributed by atoms with E-state index in [0.29, 0.717) is 17.9 Å². The Balaban J connectivity index is 1.87. The van der Waals surface area contributed by atoms with Gasteiger partial charge in [0.1, 0.15) is 6.10 Å². The van der Waals surface area contributed by atoms with E-state index < -0.39 is 28.9 Å². The van der Waals surface area contributed by atoms with Gasteiger partial charge in [0.15, 0.2) is 0 Å². The molecule has 24 heavy (non-hydrogen) atoms. The number of carbonyl (C=O) groups excluding carboxylic acids is 2. The fraction of sp³-hybridized carbons (Fsp3) is 0.700. The van der Waals surface area contributed by atoms with E-state index in [-0.39, 0.29) is 11.3 Å². The van der Waals surface area contributed by atoms with Gasteiger partial charge in [0.25, 0.3) is 0 Å². The number of rotatable bonds is 1. The maximum absolute atomic E-state index is 12.9. The summed E-state index contributed by atoms with van der Waals surface area (Å²) in [4.78, 5) is 25.5. The maximum atomic E-state index is 12.9. The number of Topliss-reactive ketones (excluding diaryl/α,β-unsaturated/α-hetero) is 1. The third kappa shape index (κ3) is 1.63. The molecule has 1 N–H and O–H groups in total. The molecule has 0 amide bonds. The number of hydrogen-bond donors (Lipinski definition) is 1. The molecule has 2 fully saturated rings. The summed E-state index contributed by atoms with van der Waals surface area (Å²) in [6, 6.07) is 0. The Morgan fingerprint density at radius 3 is 2.62 bits per heavy atom. The fourth-order valence-electron chi connectivity index (χ4n) is 5.50. The van der Waals surface area contributed by atoms with Crippen molar-refractivity contribution in [1.82, 2.24) is 0 Å². The minimum atomic E-state index is -2.02. The summed E-state index contributed by atoms with van der Waals surface area (Å²) in [6.45, 7) is 8.39. The van der Waals surface area contributed by atoms with Crippen LogP contribution in [0.3, 0.4) is 0 Å². The highest BCUT2D eigenvalue weighted by atomic mass is 16.6. The molecule has 4 aliphatic rings. The minimum absolute atomic E-state index is 0.00977. The van der Waals surface area contributed by atoms with Gasteiger partial charge in [-0.15, -0.1) is 0 Å². The van der Waals surface area contributed by atoms with Gasteiger partial charge in [-0.05, 0) is 54.1 Å². The van der Waals surface area contributed by atoms with E-state index in [9.17, 15) is 14.7 Å². The van der Waals surface area contributed by atoms with E-state index in [4.69, 9.17) is 4.74 Å². The van der Waals surface area contributed by atoms with Gasteiger partial charge in [-0.25, -0.2) is 4.79 Å². The van der Waals surface area contributed by atoms with Gasteiger partial charge < -0.3 is 9.84 Å². The Hall–Kier alpha value is -1.42. The topological polar surface area (TPSA) is 63.6 Å². The molecule has 0 radical (unpaired) electrons. The van der Waals surface area contributed by atoms with Crippen molar-refractivity contribution in [3.63, 3.8) is 0 Å². The number of ketones is 1. The van der Waals surface area contributed by atoms with Gasteiger partial charge >= 0.3 is 5.97 Å². The summed E-state index contributed by atoms with van der Waals surface area (Å²) in [5.41, 5.74) is -1.07. The molecule has 130 valence electrons. The van der Waals surface area contributed by atoms with E-state index >= 15 is 0 Å². The van der Waals surface area contributed by atoms with Crippen LogP contribution in [-0.2, 0) is 14.3 Å². The first-order valence-corrected chi connectivity index (χ1v) is 9.06. The zero-order chi connectivity index (χ0) is 17.5. The fourth-order valence-corrected chi connectivity index (χ4v) is 5.50. The summed E-state index contributed by atoms with van der Waals surface area (Å²) in [5.74, 6) is -0.860. The van der Waals surface area contributed by atoms with Crippen LogP contribution < -0.4 is 0 Å². The summed E-state index contributed by atoms with van der Waals surface area (Å²) in [5, 5.41) is 11.2. The van der Waals surface area contributed by atoms with Crippen molar-refractivity contribution in [3.05, 3.63) is 23.3 Å². The molecule has 4 heteroatoms. The predicted octanol–water partition coefficient (Wildman–Crippen LogP) is 2.95. The molecular formula is C20H26O4. The monoisotopic (exact) mass is 330 g/mol. The molecule has 1 saturated heterocycles. The van der Waals surface area contributed by atoms with Crippen LogP contribution in [-0.4, -0.2) is 28.6 Å². The molecule has 1 saturated carbocycles. The first-order chi connectivity index (χ1) is 11.1. The van der Waals surface area contributed by atoms with E-state index in [1.54, 1.807) is 0 Å². The lowest BCUT2D eigenvalue weighted by Crippen LogP contribution is -2.56. The number of ether oxygens (including phenoxy) is 1. The molecule has 4 atom stereocenters. The molecule has 3 aliphatic carbocycles. The average molecular weight is 330 g/mol. The zero-order valence-corrected chi connectivity index (χ0v) is 14.9. The van der Waals surface area contributed by atoms with Crippen molar-refractivity contribution < 1.29 is 19.4 Å². The van der Waals surface area contributed by atoms with Gasteiger partial charge in [-0.3, -0.25) is 4.79 Å². The number of hydrogen-bond acceptors (Lipinski definition) is 4. The van der Waals surface area contributed by atoms with Crippen LogP contribution in [0.5, 0.6) is 0 Å². The summed E-state index contributed by atoms with van der Waals surface area (Å²) in [7, 11) is 0. The number of esters is 1. The second kappa shape index (κ2) is 4.60. The van der Waals surface area contributed by atoms with E-state index in [0.717, 1.165) is 24.8 Å². The molecular weight excluding hydrogens is 304 g/mol. The number of aliphatic hydroxyl groups is 1. The average Bonchev–Trinajstić information content (AvgIpc) is 2.86. The number of carbonyl (C=O) groups is 2. The van der Waals surface area contributed by atoms with Gasteiger partial charge in [0, 0.05) is 0 Å². The van der Waals surface area contributed by atoms with Crippen LogP contribution in [0.4, 0.5) is 0 Å². The number of fused-ring (bicyclic) bond motifs is 2. The van der Waals surface area contributed by atoms with E-state index in [2.05, 4.69) is 19.9 Å². The number of allylic oxidation sites excluding steroid dienone is 1. The van der Waals surface area contributed by atoms with Crippen molar-refractivity contribution in [3.8, 4) is 0 Å². The molecule has 1 unspecified atom stereocenters. The van der Waals surface area contributed by atoms with Crippen molar-refractivity contribution in [2.24, 2.45) is 22.7 Å². The third-order valence-electron chi connectivity index (χ3n) is 6.95. The summed E-state index contributed by atoms with van der Waals surface area (Å²) in [6.07, 6.45) is 7.15. The lowest BCUT2D eigenvalue weighted by atomic mass is 9.54. The highest BCUT2D eigenvalue weighted by molar-refractivity contribution is 6.20. The van der Waals surface area contributed by atoms with E-state index in [1.165, 1.54) is 0 Å². The molecule has 1 aliphatic heterocycles. The van der Waals surface area contributed by atoms with Crippen LogP contribution in [0.25, 0.3) is 0 Å². The Kier molecular flexibility index (Phi) is 3.08. The standard InChI is InChI=1S/C20H26O4/c1-11(2)13-10-19-9-7-14-12(6-5-8-18(14,3)4)16(19)24-17(22)20(19,23)15(13)21/h6,10-11,14,16,23H,5,7-9H2,1-4H3/t14-,16?,19-,20-/m1/s1. The normalized spacial score (nSPS) is 42.9. The van der Waals surface area contributed by atoms with Crippen molar-refractivity contribution in [2.75, 3.05) is 0 Å². The van der Waals surface area contributed by atoms with Crippen molar-refractivity contribution in [2.45, 2.75) is 65.1 Å². The first kappa shape index (κ1) is 16.1.